The van der Waals surface area contributed by atoms with Crippen LogP contribution in [0.15, 0.2) is 75.9 Å². The van der Waals surface area contributed by atoms with Crippen LogP contribution in [0.25, 0.3) is 16.5 Å². The number of hydrogen-bond donors (Lipinski definition) is 2. The summed E-state index contributed by atoms with van der Waals surface area (Å²) in [5, 5.41) is 3.27. The van der Waals surface area contributed by atoms with Crippen LogP contribution in [-0.2, 0) is 10.0 Å². The summed E-state index contributed by atoms with van der Waals surface area (Å²) < 4.78 is 41.3. The van der Waals surface area contributed by atoms with Crippen LogP contribution < -0.4 is 15.6 Å². The van der Waals surface area contributed by atoms with Gasteiger partial charge in [0.1, 0.15) is 10.0 Å². The Bertz CT molecular complexity index is 1460. The lowest BCUT2D eigenvalue weighted by Crippen LogP contribution is -2.33. The van der Waals surface area contributed by atoms with Crippen LogP contribution in [0.4, 0.5) is 14.9 Å². The van der Waals surface area contributed by atoms with E-state index < -0.39 is 27.4 Å². The number of fused-ring (bicyclic) bond motifs is 1. The molecular weight excluding hydrogens is 465 g/mol. The average Bonchev–Trinajstić information content (AvgIpc) is 3.16. The molecule has 7 nitrogen and oxygen atoms in total. The fourth-order valence-electron chi connectivity index (χ4n) is 2.89. The van der Waals surface area contributed by atoms with Crippen molar-refractivity contribution in [2.75, 3.05) is 5.32 Å². The molecule has 11 heteroatoms. The Morgan fingerprint density at radius 3 is 2.45 bits per heavy atom. The third-order valence-electron chi connectivity index (χ3n) is 4.31. The van der Waals surface area contributed by atoms with Crippen molar-refractivity contribution >= 4 is 55.5 Å². The minimum absolute atomic E-state index is 0.0879. The minimum Gasteiger partial charge on any atom is -0.307 e. The summed E-state index contributed by atoms with van der Waals surface area (Å²) in [7, 11) is -4.04. The molecule has 0 atom stereocenters. The van der Waals surface area contributed by atoms with Crippen LogP contribution in [0.1, 0.15) is 0 Å². The van der Waals surface area contributed by atoms with Crippen LogP contribution in [0.3, 0.4) is 0 Å². The van der Waals surface area contributed by atoms with E-state index in [1.807, 2.05) is 4.72 Å². The van der Waals surface area contributed by atoms with Crippen LogP contribution in [0.2, 0.25) is 4.34 Å². The van der Waals surface area contributed by atoms with Crippen LogP contribution >= 0.6 is 22.9 Å². The number of urea groups is 1. The summed E-state index contributed by atoms with van der Waals surface area (Å²) in [5.41, 5.74) is 0.402. The van der Waals surface area contributed by atoms with E-state index >= 15 is 0 Å². The number of anilines is 1. The van der Waals surface area contributed by atoms with Gasteiger partial charge in [0.25, 0.3) is 15.6 Å². The zero-order valence-electron chi connectivity index (χ0n) is 15.5. The Labute approximate surface area is 184 Å². The van der Waals surface area contributed by atoms with Crippen molar-refractivity contribution in [3.63, 3.8) is 0 Å². The number of carbonyl (C=O) groups is 1. The molecule has 2 aromatic carbocycles. The molecule has 0 bridgehead atoms. The van der Waals surface area contributed by atoms with Gasteiger partial charge in [0, 0.05) is 17.6 Å². The predicted molar refractivity (Wildman–Crippen MR) is 118 cm³/mol. The molecular formula is C20H13ClFN3O4S2. The Kier molecular flexibility index (Phi) is 5.52. The maximum absolute atomic E-state index is 13.5. The molecule has 2 N–H and O–H groups in total. The highest BCUT2D eigenvalue weighted by Crippen LogP contribution is 2.25. The summed E-state index contributed by atoms with van der Waals surface area (Å²) in [5.74, 6) is -0.507. The number of rotatable bonds is 4. The molecule has 0 spiro atoms. The zero-order chi connectivity index (χ0) is 22.2. The molecule has 2 aromatic heterocycles. The van der Waals surface area contributed by atoms with Gasteiger partial charge in [-0.15, -0.1) is 11.3 Å². The fraction of sp³-hybridized carbons (Fsp3) is 0. The highest BCUT2D eigenvalue weighted by atomic mass is 35.5. The molecule has 158 valence electrons. The first-order valence-electron chi connectivity index (χ1n) is 8.73. The summed E-state index contributed by atoms with van der Waals surface area (Å²) in [6.45, 7) is 0. The first kappa shape index (κ1) is 21.0. The van der Waals surface area contributed by atoms with E-state index in [0.717, 1.165) is 11.3 Å². The number of nitrogens with one attached hydrogen (secondary N) is 2. The van der Waals surface area contributed by atoms with Gasteiger partial charge in [0.15, 0.2) is 0 Å². The minimum atomic E-state index is -4.04. The maximum Gasteiger partial charge on any atom is 0.333 e. The molecule has 2 heterocycles. The second-order valence-corrected chi connectivity index (χ2v) is 10.0. The number of hydrogen-bond acceptors (Lipinski definition) is 5. The third-order valence-corrected chi connectivity index (χ3v) is 7.37. The van der Waals surface area contributed by atoms with Gasteiger partial charge in [-0.2, -0.15) is 0 Å². The summed E-state index contributed by atoms with van der Waals surface area (Å²) in [4.78, 5) is 24.8. The molecule has 0 fully saturated rings. The zero-order valence-corrected chi connectivity index (χ0v) is 17.9. The van der Waals surface area contributed by atoms with Gasteiger partial charge in [0.2, 0.25) is 0 Å². The number of amides is 2. The number of sulfonamides is 1. The number of nitrogens with zero attached hydrogens (tertiary/aromatic N) is 1. The lowest BCUT2D eigenvalue weighted by atomic mass is 10.1. The Morgan fingerprint density at radius 1 is 1.03 bits per heavy atom. The normalized spacial score (nSPS) is 11.4. The highest BCUT2D eigenvalue weighted by Gasteiger charge is 2.19. The Balaban J connectivity index is 1.52. The first-order valence-corrected chi connectivity index (χ1v) is 11.4. The van der Waals surface area contributed by atoms with E-state index in [-0.39, 0.29) is 13.9 Å². The van der Waals surface area contributed by atoms with Crippen molar-refractivity contribution in [3.8, 4) is 5.69 Å². The van der Waals surface area contributed by atoms with E-state index in [0.29, 0.717) is 16.8 Å². The molecule has 0 saturated carbocycles. The fourth-order valence-corrected chi connectivity index (χ4v) is 5.28. The second kappa shape index (κ2) is 8.14. The average molecular weight is 478 g/mol. The van der Waals surface area contributed by atoms with Crippen molar-refractivity contribution in [1.29, 1.82) is 0 Å². The maximum atomic E-state index is 13.5. The molecule has 4 rings (SSSR count). The van der Waals surface area contributed by atoms with E-state index in [1.165, 1.54) is 47.0 Å². The standard InChI is InChI=1S/C20H13ClFN3O4S2/c21-17-7-8-18(30-17)31(28,29)24-20(27)23-14-3-5-15(6-4-14)25-10-9-12-1-2-13(22)11-16(12)19(25)26/h1-11H,(H2,23,24,27). The Morgan fingerprint density at radius 2 is 1.77 bits per heavy atom. The number of carbonyl (C=O) groups excluding carboxylic acids is 1. The van der Waals surface area contributed by atoms with Crippen molar-refractivity contribution in [3.05, 3.63) is 87.4 Å². The van der Waals surface area contributed by atoms with Gasteiger partial charge in [-0.3, -0.25) is 9.36 Å². The summed E-state index contributed by atoms with van der Waals surface area (Å²) in [6.07, 6.45) is 1.57. The molecule has 0 aliphatic carbocycles. The molecule has 0 radical (unpaired) electrons. The molecule has 0 unspecified atom stereocenters. The van der Waals surface area contributed by atoms with E-state index in [9.17, 15) is 22.4 Å². The SMILES string of the molecule is O=C(Nc1ccc(-n2ccc3ccc(F)cc3c2=O)cc1)NS(=O)(=O)c1ccc(Cl)s1. The number of benzene rings is 2. The molecule has 2 amide bonds. The monoisotopic (exact) mass is 477 g/mol. The second-order valence-electron chi connectivity index (χ2n) is 6.39. The van der Waals surface area contributed by atoms with Gasteiger partial charge in [0.05, 0.1) is 9.72 Å². The van der Waals surface area contributed by atoms with Crippen LogP contribution in [-0.4, -0.2) is 19.0 Å². The summed E-state index contributed by atoms with van der Waals surface area (Å²) >= 11 is 6.56. The third kappa shape index (κ3) is 4.46. The first-order chi connectivity index (χ1) is 14.7. The number of aromatic nitrogens is 1. The Hall–Kier alpha value is -3.21. The van der Waals surface area contributed by atoms with Crippen LogP contribution in [0, 0.1) is 5.82 Å². The molecule has 31 heavy (non-hydrogen) atoms. The predicted octanol–water partition coefficient (Wildman–Crippen LogP) is 4.36. The molecule has 0 saturated heterocycles. The molecule has 0 aliphatic rings. The van der Waals surface area contributed by atoms with Crippen molar-refractivity contribution in [2.45, 2.75) is 4.21 Å². The van der Waals surface area contributed by atoms with E-state index in [4.69, 9.17) is 11.6 Å². The smallest absolute Gasteiger partial charge is 0.307 e. The van der Waals surface area contributed by atoms with Crippen molar-refractivity contribution in [1.82, 2.24) is 9.29 Å². The lowest BCUT2D eigenvalue weighted by Gasteiger charge is -2.10. The number of thiophene rings is 1. The van der Waals surface area contributed by atoms with E-state index in [1.54, 1.807) is 24.4 Å². The van der Waals surface area contributed by atoms with Gasteiger partial charge in [-0.1, -0.05) is 17.7 Å². The number of halogens is 2. The van der Waals surface area contributed by atoms with Gasteiger partial charge in [-0.05, 0) is 60.0 Å². The van der Waals surface area contributed by atoms with Gasteiger partial charge in [-0.25, -0.2) is 22.3 Å². The topological polar surface area (TPSA) is 97.3 Å². The molecule has 4 aromatic rings. The van der Waals surface area contributed by atoms with Gasteiger partial charge < -0.3 is 5.32 Å². The van der Waals surface area contributed by atoms with Crippen molar-refractivity contribution < 1.29 is 17.6 Å². The number of pyridine rings is 1. The van der Waals surface area contributed by atoms with Crippen molar-refractivity contribution in [2.24, 2.45) is 0 Å². The van der Waals surface area contributed by atoms with E-state index in [2.05, 4.69) is 5.32 Å². The lowest BCUT2D eigenvalue weighted by molar-refractivity contribution is 0.256. The summed E-state index contributed by atoms with van der Waals surface area (Å²) in [6, 6.07) is 13.6. The van der Waals surface area contributed by atoms with Crippen LogP contribution in [0.5, 0.6) is 0 Å². The molecule has 0 aliphatic heterocycles. The largest absolute Gasteiger partial charge is 0.333 e. The highest BCUT2D eigenvalue weighted by molar-refractivity contribution is 7.92. The quantitative estimate of drug-likeness (QED) is 0.456. The van der Waals surface area contributed by atoms with Gasteiger partial charge >= 0.3 is 6.03 Å².